The molecule has 0 aliphatic carbocycles. The van der Waals surface area contributed by atoms with E-state index in [2.05, 4.69) is 29.2 Å². The third kappa shape index (κ3) is 5.18. The fourth-order valence-electron chi connectivity index (χ4n) is 2.41. The molecule has 0 radical (unpaired) electrons. The molecule has 1 aromatic carbocycles. The zero-order chi connectivity index (χ0) is 14.9. The van der Waals surface area contributed by atoms with Gasteiger partial charge in [0.1, 0.15) is 0 Å². The first kappa shape index (κ1) is 15.5. The van der Waals surface area contributed by atoms with Gasteiger partial charge in [-0.05, 0) is 38.3 Å². The number of hydrogen-bond acceptors (Lipinski definition) is 3. The molecule has 0 bridgehead atoms. The smallest absolute Gasteiger partial charge is 0.305 e. The van der Waals surface area contributed by atoms with Crippen molar-refractivity contribution in [3.05, 3.63) is 42.1 Å². The van der Waals surface area contributed by atoms with Crippen molar-refractivity contribution in [2.45, 2.75) is 45.4 Å². The van der Waals surface area contributed by atoms with Crippen LogP contribution >= 0.6 is 0 Å². The van der Waals surface area contributed by atoms with Crippen molar-refractivity contribution in [2.75, 3.05) is 6.61 Å². The molecule has 112 valence electrons. The maximum Gasteiger partial charge on any atom is 0.305 e. The summed E-state index contributed by atoms with van der Waals surface area (Å²) >= 11 is 0. The first-order valence-corrected chi connectivity index (χ1v) is 7.80. The molecule has 3 heteroatoms. The number of carbonyl (C=O) groups is 1. The van der Waals surface area contributed by atoms with E-state index in [0.717, 1.165) is 43.3 Å². The van der Waals surface area contributed by atoms with E-state index in [4.69, 9.17) is 4.74 Å². The Kier molecular flexibility index (Phi) is 6.20. The summed E-state index contributed by atoms with van der Waals surface area (Å²) in [4.78, 5) is 15.9. The molecule has 0 amide bonds. The van der Waals surface area contributed by atoms with Gasteiger partial charge in [0.05, 0.1) is 12.1 Å². The number of rotatable bonds is 8. The highest BCUT2D eigenvalue weighted by atomic mass is 16.5. The number of hydrogen-bond donors (Lipinski definition) is 0. The molecule has 2 aromatic rings. The number of esters is 1. The first-order valence-electron chi connectivity index (χ1n) is 7.80. The average Bonchev–Trinajstić information content (AvgIpc) is 2.51. The Bertz CT molecular complexity index is 580. The predicted octanol–water partition coefficient (Wildman–Crippen LogP) is 4.29. The summed E-state index contributed by atoms with van der Waals surface area (Å²) < 4.78 is 4.91. The number of aromatic nitrogens is 1. The number of fused-ring (bicyclic) bond motifs is 1. The molecule has 0 saturated heterocycles. The lowest BCUT2D eigenvalue weighted by molar-refractivity contribution is -0.143. The van der Waals surface area contributed by atoms with Gasteiger partial charge in [0.2, 0.25) is 0 Å². The summed E-state index contributed by atoms with van der Waals surface area (Å²) in [5.74, 6) is -0.0753. The Morgan fingerprint density at radius 3 is 2.71 bits per heavy atom. The van der Waals surface area contributed by atoms with Crippen molar-refractivity contribution in [2.24, 2.45) is 0 Å². The highest BCUT2D eigenvalue weighted by Gasteiger charge is 2.01. The molecule has 2 rings (SSSR count). The van der Waals surface area contributed by atoms with Crippen molar-refractivity contribution in [3.63, 3.8) is 0 Å². The number of carbonyl (C=O) groups excluding carboxylic acids is 1. The molecular formula is C18H23NO2. The summed E-state index contributed by atoms with van der Waals surface area (Å²) in [7, 11) is 0. The van der Waals surface area contributed by atoms with Gasteiger partial charge in [-0.3, -0.25) is 9.78 Å². The topological polar surface area (TPSA) is 39.2 Å². The Balaban J connectivity index is 1.67. The van der Waals surface area contributed by atoms with Gasteiger partial charge < -0.3 is 4.74 Å². The van der Waals surface area contributed by atoms with Crippen LogP contribution in [0.4, 0.5) is 0 Å². The maximum atomic E-state index is 11.2. The van der Waals surface area contributed by atoms with Crippen LogP contribution in [0.15, 0.2) is 36.4 Å². The molecule has 0 aliphatic rings. The second-order valence-electron chi connectivity index (χ2n) is 5.21. The number of nitrogens with zero attached hydrogens (tertiary/aromatic N) is 1. The van der Waals surface area contributed by atoms with Crippen LogP contribution in [-0.4, -0.2) is 17.6 Å². The number of para-hydroxylation sites is 1. The molecule has 0 atom stereocenters. The van der Waals surface area contributed by atoms with E-state index in [1.807, 2.05) is 19.1 Å². The van der Waals surface area contributed by atoms with Crippen molar-refractivity contribution in [1.82, 2.24) is 4.98 Å². The van der Waals surface area contributed by atoms with Gasteiger partial charge in [-0.1, -0.05) is 37.1 Å². The largest absolute Gasteiger partial charge is 0.466 e. The molecule has 0 saturated carbocycles. The summed E-state index contributed by atoms with van der Waals surface area (Å²) in [5, 5.41) is 1.19. The molecule has 0 aliphatic heterocycles. The molecule has 1 aromatic heterocycles. The van der Waals surface area contributed by atoms with Crippen LogP contribution in [0.25, 0.3) is 10.9 Å². The number of benzene rings is 1. The van der Waals surface area contributed by atoms with E-state index in [1.54, 1.807) is 0 Å². The minimum absolute atomic E-state index is 0.0753. The summed E-state index contributed by atoms with van der Waals surface area (Å²) in [6.07, 6.45) is 5.80. The van der Waals surface area contributed by atoms with Crippen LogP contribution in [0.5, 0.6) is 0 Å². The second-order valence-corrected chi connectivity index (χ2v) is 5.21. The van der Waals surface area contributed by atoms with Crippen LogP contribution in [-0.2, 0) is 16.0 Å². The van der Waals surface area contributed by atoms with Gasteiger partial charge in [-0.25, -0.2) is 0 Å². The van der Waals surface area contributed by atoms with Crippen LogP contribution in [0.3, 0.4) is 0 Å². The SMILES string of the molecule is CCOC(=O)CCCCCCc1ccc2ccccc2n1. The van der Waals surface area contributed by atoms with Crippen LogP contribution in [0, 0.1) is 0 Å². The van der Waals surface area contributed by atoms with Crippen LogP contribution in [0.1, 0.15) is 44.7 Å². The number of unbranched alkanes of at least 4 members (excludes halogenated alkanes) is 3. The predicted molar refractivity (Wildman–Crippen MR) is 85.2 cm³/mol. The molecular weight excluding hydrogens is 262 g/mol. The normalized spacial score (nSPS) is 10.7. The Morgan fingerprint density at radius 1 is 1.05 bits per heavy atom. The standard InChI is InChI=1S/C18H23NO2/c1-2-21-18(20)12-6-4-3-5-10-16-14-13-15-9-7-8-11-17(15)19-16/h7-9,11,13-14H,2-6,10,12H2,1H3. The zero-order valence-electron chi connectivity index (χ0n) is 12.7. The quantitative estimate of drug-likeness (QED) is 0.536. The number of ether oxygens (including phenoxy) is 1. The molecule has 0 N–H and O–H groups in total. The highest BCUT2D eigenvalue weighted by molar-refractivity contribution is 5.78. The highest BCUT2D eigenvalue weighted by Crippen LogP contribution is 2.14. The fraction of sp³-hybridized carbons (Fsp3) is 0.444. The number of aryl methyl sites for hydroxylation is 1. The molecule has 3 nitrogen and oxygen atoms in total. The third-order valence-electron chi connectivity index (χ3n) is 3.53. The van der Waals surface area contributed by atoms with E-state index in [0.29, 0.717) is 13.0 Å². The summed E-state index contributed by atoms with van der Waals surface area (Å²) in [6.45, 7) is 2.32. The van der Waals surface area contributed by atoms with Crippen molar-refractivity contribution < 1.29 is 9.53 Å². The molecule has 21 heavy (non-hydrogen) atoms. The van der Waals surface area contributed by atoms with Crippen molar-refractivity contribution in [1.29, 1.82) is 0 Å². The average molecular weight is 285 g/mol. The van der Waals surface area contributed by atoms with Crippen LogP contribution < -0.4 is 0 Å². The minimum Gasteiger partial charge on any atom is -0.466 e. The van der Waals surface area contributed by atoms with Gasteiger partial charge in [-0.2, -0.15) is 0 Å². The van der Waals surface area contributed by atoms with Gasteiger partial charge in [0, 0.05) is 17.5 Å². The Morgan fingerprint density at radius 2 is 1.86 bits per heavy atom. The Labute approximate surface area is 126 Å². The lowest BCUT2D eigenvalue weighted by Crippen LogP contribution is -2.03. The lowest BCUT2D eigenvalue weighted by atomic mass is 10.1. The van der Waals surface area contributed by atoms with Gasteiger partial charge >= 0.3 is 5.97 Å². The van der Waals surface area contributed by atoms with E-state index in [1.165, 1.54) is 5.39 Å². The molecule has 1 heterocycles. The molecule has 0 spiro atoms. The molecule has 0 fully saturated rings. The summed E-state index contributed by atoms with van der Waals surface area (Å²) in [6, 6.07) is 12.4. The zero-order valence-corrected chi connectivity index (χ0v) is 12.7. The minimum atomic E-state index is -0.0753. The van der Waals surface area contributed by atoms with Gasteiger partial charge in [0.15, 0.2) is 0 Å². The van der Waals surface area contributed by atoms with Crippen molar-refractivity contribution in [3.8, 4) is 0 Å². The molecule has 0 unspecified atom stereocenters. The van der Waals surface area contributed by atoms with Crippen LogP contribution in [0.2, 0.25) is 0 Å². The van der Waals surface area contributed by atoms with Gasteiger partial charge in [-0.15, -0.1) is 0 Å². The maximum absolute atomic E-state index is 11.2. The van der Waals surface area contributed by atoms with E-state index >= 15 is 0 Å². The number of pyridine rings is 1. The monoisotopic (exact) mass is 285 g/mol. The first-order chi connectivity index (χ1) is 10.3. The third-order valence-corrected chi connectivity index (χ3v) is 3.53. The van der Waals surface area contributed by atoms with Crippen molar-refractivity contribution >= 4 is 16.9 Å². The van der Waals surface area contributed by atoms with E-state index < -0.39 is 0 Å². The van der Waals surface area contributed by atoms with E-state index in [9.17, 15) is 4.79 Å². The lowest BCUT2D eigenvalue weighted by Gasteiger charge is -2.04. The second kappa shape index (κ2) is 8.40. The van der Waals surface area contributed by atoms with Gasteiger partial charge in [0.25, 0.3) is 0 Å². The fourth-order valence-corrected chi connectivity index (χ4v) is 2.41. The Hall–Kier alpha value is -1.90. The van der Waals surface area contributed by atoms with E-state index in [-0.39, 0.29) is 5.97 Å². The summed E-state index contributed by atoms with van der Waals surface area (Å²) in [5.41, 5.74) is 2.22.